The zero-order valence-corrected chi connectivity index (χ0v) is 17.9. The number of aliphatic imine (C=N–C) groups is 1. The molecular formula is C22H24F3N3OS. The fourth-order valence-corrected chi connectivity index (χ4v) is 3.95. The molecule has 8 heteroatoms. The van der Waals surface area contributed by atoms with E-state index in [1.807, 2.05) is 42.5 Å². The molecule has 1 aliphatic heterocycles. The summed E-state index contributed by atoms with van der Waals surface area (Å²) in [6.07, 6.45) is -4.42. The average molecular weight is 436 g/mol. The van der Waals surface area contributed by atoms with E-state index in [0.717, 1.165) is 22.9 Å². The maximum Gasteiger partial charge on any atom is 0.408 e. The first-order valence-corrected chi connectivity index (χ1v) is 10.5. The van der Waals surface area contributed by atoms with Crippen molar-refractivity contribution in [3.05, 3.63) is 65.7 Å². The molecule has 1 heterocycles. The van der Waals surface area contributed by atoms with Crippen LogP contribution in [-0.4, -0.2) is 34.7 Å². The molecule has 30 heavy (non-hydrogen) atoms. The van der Waals surface area contributed by atoms with E-state index in [1.54, 1.807) is 17.0 Å². The molecule has 0 saturated carbocycles. The summed E-state index contributed by atoms with van der Waals surface area (Å²) in [5.41, 5.74) is 2.64. The highest BCUT2D eigenvalue weighted by Crippen LogP contribution is 2.29. The van der Waals surface area contributed by atoms with Crippen LogP contribution in [0.15, 0.2) is 59.6 Å². The van der Waals surface area contributed by atoms with E-state index >= 15 is 0 Å². The third-order valence-electron chi connectivity index (χ3n) is 4.64. The Hall–Kier alpha value is -2.48. The monoisotopic (exact) mass is 435 g/mol. The van der Waals surface area contributed by atoms with Crippen LogP contribution in [0.3, 0.4) is 0 Å². The molecule has 0 N–H and O–H groups in total. The van der Waals surface area contributed by atoms with Crippen LogP contribution in [0.2, 0.25) is 0 Å². The number of hydrogen-bond donors (Lipinski definition) is 0. The molecule has 2 aromatic carbocycles. The van der Waals surface area contributed by atoms with Crippen LogP contribution in [0.5, 0.6) is 0 Å². The summed E-state index contributed by atoms with van der Waals surface area (Å²) in [5, 5.41) is 0.0874. The number of nitrogens with zero attached hydrogens (tertiary/aromatic N) is 3. The van der Waals surface area contributed by atoms with Gasteiger partial charge in [0.25, 0.3) is 0 Å². The zero-order chi connectivity index (χ0) is 21.9. The van der Waals surface area contributed by atoms with E-state index < -0.39 is 12.7 Å². The average Bonchev–Trinajstić information content (AvgIpc) is 2.68. The summed E-state index contributed by atoms with van der Waals surface area (Å²) in [7, 11) is 0. The van der Waals surface area contributed by atoms with Gasteiger partial charge in [-0.2, -0.15) is 13.2 Å². The summed E-state index contributed by atoms with van der Waals surface area (Å²) in [4.78, 5) is 19.7. The maximum absolute atomic E-state index is 13.2. The first kappa shape index (κ1) is 22.2. The van der Waals surface area contributed by atoms with Crippen molar-refractivity contribution in [3.63, 3.8) is 0 Å². The molecular weight excluding hydrogens is 411 g/mol. The largest absolute Gasteiger partial charge is 0.408 e. The van der Waals surface area contributed by atoms with Crippen LogP contribution < -0.4 is 4.90 Å². The van der Waals surface area contributed by atoms with Gasteiger partial charge in [0.1, 0.15) is 6.54 Å². The van der Waals surface area contributed by atoms with Gasteiger partial charge in [-0.3, -0.25) is 14.8 Å². The molecule has 0 bridgehead atoms. The van der Waals surface area contributed by atoms with E-state index in [0.29, 0.717) is 5.69 Å². The molecule has 4 nitrogen and oxygen atoms in total. The Morgan fingerprint density at radius 3 is 2.20 bits per heavy atom. The van der Waals surface area contributed by atoms with Gasteiger partial charge in [-0.25, -0.2) is 4.79 Å². The van der Waals surface area contributed by atoms with Gasteiger partial charge in [0.05, 0.1) is 12.4 Å². The third-order valence-corrected chi connectivity index (χ3v) is 5.63. The van der Waals surface area contributed by atoms with Gasteiger partial charge >= 0.3 is 12.2 Å². The molecule has 1 aliphatic rings. The molecule has 0 aromatic heterocycles. The Kier molecular flexibility index (Phi) is 6.45. The number of carbonyl (C=O) groups excluding carboxylic acids is 1. The zero-order valence-electron chi connectivity index (χ0n) is 17.1. The summed E-state index contributed by atoms with van der Waals surface area (Å²) < 4.78 is 38.2. The molecule has 0 spiro atoms. The van der Waals surface area contributed by atoms with E-state index in [-0.39, 0.29) is 29.0 Å². The van der Waals surface area contributed by atoms with E-state index in [2.05, 4.69) is 25.8 Å². The van der Waals surface area contributed by atoms with Crippen molar-refractivity contribution >= 4 is 28.6 Å². The fraction of sp³-hybridized carbons (Fsp3) is 0.364. The van der Waals surface area contributed by atoms with E-state index in [9.17, 15) is 18.0 Å². The van der Waals surface area contributed by atoms with Crippen molar-refractivity contribution in [1.82, 2.24) is 4.90 Å². The number of anilines is 1. The number of thioether (sulfide) groups is 1. The van der Waals surface area contributed by atoms with Gasteiger partial charge in [-0.1, -0.05) is 75.0 Å². The lowest BCUT2D eigenvalue weighted by molar-refractivity contribution is -0.118. The van der Waals surface area contributed by atoms with E-state index in [1.165, 1.54) is 4.90 Å². The summed E-state index contributed by atoms with van der Waals surface area (Å²) >= 11 is 1.13. The lowest BCUT2D eigenvalue weighted by Crippen LogP contribution is -2.50. The Balaban J connectivity index is 1.88. The predicted molar refractivity (Wildman–Crippen MR) is 116 cm³/mol. The molecule has 0 radical (unpaired) electrons. The number of amidine groups is 1. The lowest BCUT2D eigenvalue weighted by atomic mass is 9.87. The van der Waals surface area contributed by atoms with Crippen LogP contribution in [0, 0.1) is 0 Å². The number of para-hydroxylation sites is 1. The summed E-state index contributed by atoms with van der Waals surface area (Å²) in [6, 6.07) is 16.5. The number of halogens is 3. The lowest BCUT2D eigenvalue weighted by Gasteiger charge is -2.36. The smallest absolute Gasteiger partial charge is 0.284 e. The van der Waals surface area contributed by atoms with Crippen molar-refractivity contribution in [3.8, 4) is 0 Å². The fourth-order valence-electron chi connectivity index (χ4n) is 2.99. The minimum atomic E-state index is -4.42. The summed E-state index contributed by atoms with van der Waals surface area (Å²) in [6.45, 7) is 5.15. The van der Waals surface area contributed by atoms with Gasteiger partial charge in [0.15, 0.2) is 5.17 Å². The molecule has 0 atom stereocenters. The van der Waals surface area contributed by atoms with Gasteiger partial charge < -0.3 is 0 Å². The number of hydrogen-bond acceptors (Lipinski definition) is 3. The first-order chi connectivity index (χ1) is 14.0. The van der Waals surface area contributed by atoms with Crippen molar-refractivity contribution in [2.24, 2.45) is 4.99 Å². The van der Waals surface area contributed by atoms with Crippen molar-refractivity contribution in [1.29, 1.82) is 0 Å². The Morgan fingerprint density at radius 2 is 1.63 bits per heavy atom. The SMILES string of the molecule is CC(C)(C)c1ccc(CN2C(=O)N(c3ccccc3)CSC2=NCC(F)(F)F)cc1. The maximum atomic E-state index is 13.2. The normalized spacial score (nSPS) is 17.0. The molecule has 3 rings (SSSR count). The van der Waals surface area contributed by atoms with Crippen LogP contribution in [0.1, 0.15) is 31.9 Å². The second kappa shape index (κ2) is 8.71. The topological polar surface area (TPSA) is 35.9 Å². The van der Waals surface area contributed by atoms with Crippen molar-refractivity contribution < 1.29 is 18.0 Å². The molecule has 0 aliphatic carbocycles. The van der Waals surface area contributed by atoms with Gasteiger partial charge in [0, 0.05) is 5.69 Å². The minimum absolute atomic E-state index is 0.0151. The van der Waals surface area contributed by atoms with Gasteiger partial charge in [0.2, 0.25) is 0 Å². The molecule has 2 aromatic rings. The predicted octanol–water partition coefficient (Wildman–Crippen LogP) is 6.04. The Bertz CT molecular complexity index is 906. The number of carbonyl (C=O) groups is 1. The Labute approximate surface area is 178 Å². The minimum Gasteiger partial charge on any atom is -0.284 e. The molecule has 2 amide bonds. The number of urea groups is 1. The first-order valence-electron chi connectivity index (χ1n) is 9.52. The van der Waals surface area contributed by atoms with E-state index in [4.69, 9.17) is 0 Å². The van der Waals surface area contributed by atoms with Crippen LogP contribution in [0.25, 0.3) is 0 Å². The number of amides is 2. The van der Waals surface area contributed by atoms with Crippen LogP contribution in [0.4, 0.5) is 23.7 Å². The van der Waals surface area contributed by atoms with Gasteiger partial charge in [-0.05, 0) is 28.7 Å². The van der Waals surface area contributed by atoms with Gasteiger partial charge in [-0.15, -0.1) is 0 Å². The molecule has 1 saturated heterocycles. The van der Waals surface area contributed by atoms with Crippen molar-refractivity contribution in [2.75, 3.05) is 17.3 Å². The number of alkyl halides is 3. The van der Waals surface area contributed by atoms with Crippen LogP contribution >= 0.6 is 11.8 Å². The Morgan fingerprint density at radius 1 is 1.00 bits per heavy atom. The quantitative estimate of drug-likeness (QED) is 0.587. The number of rotatable bonds is 4. The van der Waals surface area contributed by atoms with Crippen LogP contribution in [-0.2, 0) is 12.0 Å². The molecule has 1 fully saturated rings. The standard InChI is InChI=1S/C22H24F3N3OS/c1-21(2,3)17-11-9-16(10-12-17)13-27-19(26-14-22(23,24)25)30-15-28(20(27)29)18-7-5-4-6-8-18/h4-12H,13-15H2,1-3H3. The third kappa shape index (κ3) is 5.56. The molecule has 160 valence electrons. The highest BCUT2D eigenvalue weighted by molar-refractivity contribution is 8.14. The highest BCUT2D eigenvalue weighted by atomic mass is 32.2. The summed E-state index contributed by atoms with van der Waals surface area (Å²) in [5.74, 6) is 0.207. The number of benzene rings is 2. The molecule has 0 unspecified atom stereocenters. The second-order valence-electron chi connectivity index (χ2n) is 8.07. The highest BCUT2D eigenvalue weighted by Gasteiger charge is 2.34. The second-order valence-corrected chi connectivity index (χ2v) is 8.98. The van der Waals surface area contributed by atoms with Crippen molar-refractivity contribution in [2.45, 2.75) is 38.9 Å².